The number of fused-ring (bicyclic) bond motifs is 1. The second kappa shape index (κ2) is 7.60. The molecule has 1 saturated carbocycles. The largest absolute Gasteiger partial charge is 0.490 e. The van der Waals surface area contributed by atoms with Gasteiger partial charge in [-0.15, -0.1) is 0 Å². The van der Waals surface area contributed by atoms with E-state index in [4.69, 9.17) is 4.74 Å². The molecule has 2 aromatic carbocycles. The summed E-state index contributed by atoms with van der Waals surface area (Å²) in [4.78, 5) is 19.4. The van der Waals surface area contributed by atoms with Crippen molar-refractivity contribution in [3.05, 3.63) is 64.4 Å². The van der Waals surface area contributed by atoms with Gasteiger partial charge in [0.1, 0.15) is 5.75 Å². The molecule has 134 valence electrons. The molecule has 0 bridgehead atoms. The molecule has 2 N–H and O–H groups in total. The maximum Gasteiger partial charge on any atom is 0.260 e. The van der Waals surface area contributed by atoms with Crippen LogP contribution < -0.4 is 15.6 Å². The number of aromatic amines is 1. The summed E-state index contributed by atoms with van der Waals surface area (Å²) in [5.74, 6) is 1.39. The van der Waals surface area contributed by atoms with Crippen LogP contribution in [0.2, 0.25) is 0 Å². The summed E-state index contributed by atoms with van der Waals surface area (Å²) in [6.45, 7) is 0.573. The van der Waals surface area contributed by atoms with Crippen LogP contribution in [-0.2, 0) is 6.54 Å². The molecule has 5 nitrogen and oxygen atoms in total. The number of nitrogens with zero attached hydrogens (tertiary/aromatic N) is 1. The van der Waals surface area contributed by atoms with Crippen molar-refractivity contribution in [2.45, 2.75) is 44.8 Å². The Bertz CT molecular complexity index is 945. The summed E-state index contributed by atoms with van der Waals surface area (Å²) in [7, 11) is 0. The van der Waals surface area contributed by atoms with Crippen molar-refractivity contribution in [1.82, 2.24) is 9.97 Å². The highest BCUT2D eigenvalue weighted by Gasteiger charge is 2.14. The van der Waals surface area contributed by atoms with E-state index in [0.717, 1.165) is 24.2 Å². The SMILES string of the molecule is O=c1[nH]c(NCc2cccc(OC3CCCCC3)c2)nc2ccccc12. The monoisotopic (exact) mass is 349 g/mol. The van der Waals surface area contributed by atoms with Gasteiger partial charge in [-0.25, -0.2) is 4.98 Å². The lowest BCUT2D eigenvalue weighted by molar-refractivity contribution is 0.155. The fourth-order valence-corrected chi connectivity index (χ4v) is 3.46. The van der Waals surface area contributed by atoms with Gasteiger partial charge in [0.05, 0.1) is 17.0 Å². The minimum atomic E-state index is -0.132. The second-order valence-corrected chi connectivity index (χ2v) is 6.81. The van der Waals surface area contributed by atoms with E-state index < -0.39 is 0 Å². The van der Waals surface area contributed by atoms with Crippen LogP contribution in [0.5, 0.6) is 5.75 Å². The zero-order chi connectivity index (χ0) is 17.8. The van der Waals surface area contributed by atoms with Crippen molar-refractivity contribution in [3.8, 4) is 5.75 Å². The van der Waals surface area contributed by atoms with Crippen molar-refractivity contribution in [2.24, 2.45) is 0 Å². The van der Waals surface area contributed by atoms with Crippen LogP contribution in [0.4, 0.5) is 5.95 Å². The van der Waals surface area contributed by atoms with Crippen molar-refractivity contribution in [1.29, 1.82) is 0 Å². The molecule has 0 aliphatic heterocycles. The molecule has 1 aliphatic rings. The quantitative estimate of drug-likeness (QED) is 0.723. The predicted octanol–water partition coefficient (Wildman–Crippen LogP) is 4.25. The van der Waals surface area contributed by atoms with Gasteiger partial charge in [-0.1, -0.05) is 30.7 Å². The lowest BCUT2D eigenvalue weighted by Crippen LogP contribution is -2.19. The Hall–Kier alpha value is -2.82. The molecule has 1 fully saturated rings. The number of H-pyrrole nitrogens is 1. The average Bonchev–Trinajstić information content (AvgIpc) is 2.68. The fourth-order valence-electron chi connectivity index (χ4n) is 3.46. The highest BCUT2D eigenvalue weighted by Crippen LogP contribution is 2.24. The smallest absolute Gasteiger partial charge is 0.260 e. The molecule has 0 radical (unpaired) electrons. The summed E-state index contributed by atoms with van der Waals surface area (Å²) in [5.41, 5.74) is 1.65. The summed E-state index contributed by atoms with van der Waals surface area (Å²) in [6.07, 6.45) is 6.46. The highest BCUT2D eigenvalue weighted by molar-refractivity contribution is 5.78. The number of benzene rings is 2. The number of aromatic nitrogens is 2. The maximum atomic E-state index is 12.1. The molecule has 1 aromatic heterocycles. The Kier molecular flexibility index (Phi) is 4.86. The molecule has 0 spiro atoms. The standard InChI is InChI=1S/C21H23N3O2/c25-20-18-11-4-5-12-19(18)23-21(24-20)22-14-15-7-6-10-17(13-15)26-16-8-2-1-3-9-16/h4-7,10-13,16H,1-3,8-9,14H2,(H2,22,23,24,25). The summed E-state index contributed by atoms with van der Waals surface area (Å²) >= 11 is 0. The number of rotatable bonds is 5. The van der Waals surface area contributed by atoms with Crippen molar-refractivity contribution >= 4 is 16.9 Å². The zero-order valence-corrected chi connectivity index (χ0v) is 14.7. The Morgan fingerprint density at radius 3 is 2.81 bits per heavy atom. The van der Waals surface area contributed by atoms with Crippen molar-refractivity contribution in [3.63, 3.8) is 0 Å². The molecular weight excluding hydrogens is 326 g/mol. The van der Waals surface area contributed by atoms with E-state index in [1.807, 2.05) is 36.4 Å². The van der Waals surface area contributed by atoms with E-state index in [2.05, 4.69) is 21.4 Å². The molecule has 0 unspecified atom stereocenters. The first-order chi connectivity index (χ1) is 12.8. The third-order valence-electron chi connectivity index (χ3n) is 4.83. The maximum absolute atomic E-state index is 12.1. The van der Waals surface area contributed by atoms with Gasteiger partial charge < -0.3 is 10.1 Å². The summed E-state index contributed by atoms with van der Waals surface area (Å²) < 4.78 is 6.12. The predicted molar refractivity (Wildman–Crippen MR) is 104 cm³/mol. The van der Waals surface area contributed by atoms with Crippen LogP contribution in [0, 0.1) is 0 Å². The van der Waals surface area contributed by atoms with E-state index in [1.165, 1.54) is 19.3 Å². The first-order valence-electron chi connectivity index (χ1n) is 9.26. The minimum Gasteiger partial charge on any atom is -0.490 e. The fraction of sp³-hybridized carbons (Fsp3) is 0.333. The van der Waals surface area contributed by atoms with E-state index in [1.54, 1.807) is 6.07 Å². The molecule has 1 heterocycles. The van der Waals surface area contributed by atoms with Gasteiger partial charge in [0.25, 0.3) is 5.56 Å². The molecular formula is C21H23N3O2. The third-order valence-corrected chi connectivity index (χ3v) is 4.83. The van der Waals surface area contributed by atoms with Gasteiger partial charge in [0.2, 0.25) is 5.95 Å². The molecule has 1 aliphatic carbocycles. The van der Waals surface area contributed by atoms with E-state index >= 15 is 0 Å². The van der Waals surface area contributed by atoms with Crippen LogP contribution in [0.3, 0.4) is 0 Å². The van der Waals surface area contributed by atoms with E-state index in [-0.39, 0.29) is 5.56 Å². The Labute approximate surface area is 152 Å². The number of ether oxygens (including phenoxy) is 1. The third kappa shape index (κ3) is 3.87. The zero-order valence-electron chi connectivity index (χ0n) is 14.7. The molecule has 0 amide bonds. The molecule has 26 heavy (non-hydrogen) atoms. The molecule has 4 rings (SSSR count). The first-order valence-corrected chi connectivity index (χ1v) is 9.26. The Morgan fingerprint density at radius 2 is 1.92 bits per heavy atom. The lowest BCUT2D eigenvalue weighted by Gasteiger charge is -2.23. The van der Waals surface area contributed by atoms with E-state index in [0.29, 0.717) is 29.5 Å². The van der Waals surface area contributed by atoms with Gasteiger partial charge in [-0.3, -0.25) is 9.78 Å². The highest BCUT2D eigenvalue weighted by atomic mass is 16.5. The normalized spacial score (nSPS) is 15.1. The molecule has 0 saturated heterocycles. The minimum absolute atomic E-state index is 0.132. The Morgan fingerprint density at radius 1 is 1.08 bits per heavy atom. The van der Waals surface area contributed by atoms with Gasteiger partial charge >= 0.3 is 0 Å². The van der Waals surface area contributed by atoms with Crippen molar-refractivity contribution in [2.75, 3.05) is 5.32 Å². The average molecular weight is 349 g/mol. The first kappa shape index (κ1) is 16.6. The molecule has 3 aromatic rings. The summed E-state index contributed by atoms with van der Waals surface area (Å²) in [6, 6.07) is 15.4. The topological polar surface area (TPSA) is 67.0 Å². The number of nitrogens with one attached hydrogen (secondary N) is 2. The number of anilines is 1. The number of hydrogen-bond acceptors (Lipinski definition) is 4. The Balaban J connectivity index is 1.44. The number of para-hydroxylation sites is 1. The summed E-state index contributed by atoms with van der Waals surface area (Å²) in [5, 5.41) is 3.80. The van der Waals surface area contributed by atoms with Gasteiger partial charge in [0, 0.05) is 6.54 Å². The van der Waals surface area contributed by atoms with Crippen LogP contribution in [0.1, 0.15) is 37.7 Å². The molecule has 0 atom stereocenters. The van der Waals surface area contributed by atoms with Gasteiger partial charge in [0.15, 0.2) is 0 Å². The number of hydrogen-bond donors (Lipinski definition) is 2. The van der Waals surface area contributed by atoms with Crippen LogP contribution >= 0.6 is 0 Å². The van der Waals surface area contributed by atoms with Gasteiger partial charge in [-0.2, -0.15) is 0 Å². The second-order valence-electron chi connectivity index (χ2n) is 6.81. The van der Waals surface area contributed by atoms with Crippen molar-refractivity contribution < 1.29 is 4.74 Å². The van der Waals surface area contributed by atoms with Crippen LogP contribution in [0.25, 0.3) is 10.9 Å². The van der Waals surface area contributed by atoms with Crippen LogP contribution in [0.15, 0.2) is 53.3 Å². The van der Waals surface area contributed by atoms with Gasteiger partial charge in [-0.05, 0) is 55.5 Å². The van der Waals surface area contributed by atoms with Crippen LogP contribution in [-0.4, -0.2) is 16.1 Å². The van der Waals surface area contributed by atoms with E-state index in [9.17, 15) is 4.79 Å². The lowest BCUT2D eigenvalue weighted by atomic mass is 9.98. The molecule has 5 heteroatoms.